The van der Waals surface area contributed by atoms with Crippen LogP contribution in [0.15, 0.2) is 66.7 Å². The number of carbonyl (C=O) groups excluding carboxylic acids is 2. The second-order valence-electron chi connectivity index (χ2n) is 9.28. The van der Waals surface area contributed by atoms with Crippen LogP contribution < -0.4 is 21.7 Å². The molecule has 0 spiro atoms. The van der Waals surface area contributed by atoms with Crippen LogP contribution >= 0.6 is 11.6 Å². The number of esters is 1. The molecular weight excluding hydrogens is 464 g/mol. The molecule has 0 bridgehead atoms. The normalized spacial score (nSPS) is 24.3. The van der Waals surface area contributed by atoms with Gasteiger partial charge in [-0.2, -0.15) is 0 Å². The molecule has 8 heteroatoms. The number of benzene rings is 3. The Labute approximate surface area is 209 Å². The lowest BCUT2D eigenvalue weighted by molar-refractivity contribution is -0.160. The molecular formula is C27H29ClN4O3. The number of fused-ring (bicyclic) bond motifs is 1. The number of amides is 1. The lowest BCUT2D eigenvalue weighted by Gasteiger charge is -2.30. The molecule has 0 saturated carbocycles. The molecule has 7 nitrogen and oxygen atoms in total. The van der Waals surface area contributed by atoms with E-state index in [1.54, 1.807) is 0 Å². The van der Waals surface area contributed by atoms with E-state index in [2.05, 4.69) is 46.0 Å². The second kappa shape index (κ2) is 10.7. The third-order valence-electron chi connectivity index (χ3n) is 6.73. The summed E-state index contributed by atoms with van der Waals surface area (Å²) in [6.07, 6.45) is 2.62. The van der Waals surface area contributed by atoms with Crippen molar-refractivity contribution in [2.24, 2.45) is 0 Å². The first-order valence-electron chi connectivity index (χ1n) is 12.0. The van der Waals surface area contributed by atoms with E-state index in [1.165, 1.54) is 16.3 Å². The van der Waals surface area contributed by atoms with Gasteiger partial charge in [0.2, 0.25) is 0 Å². The maximum Gasteiger partial charge on any atom is 0.325 e. The van der Waals surface area contributed by atoms with E-state index in [0.29, 0.717) is 19.3 Å². The molecule has 0 radical (unpaired) electrons. The van der Waals surface area contributed by atoms with Gasteiger partial charge in [0.05, 0.1) is 0 Å². The van der Waals surface area contributed by atoms with Gasteiger partial charge < -0.3 is 4.74 Å². The van der Waals surface area contributed by atoms with Gasteiger partial charge in [-0.25, -0.2) is 10.9 Å². The van der Waals surface area contributed by atoms with Crippen molar-refractivity contribution < 1.29 is 14.3 Å². The van der Waals surface area contributed by atoms with Gasteiger partial charge in [-0.15, -0.1) is 0 Å². The summed E-state index contributed by atoms with van der Waals surface area (Å²) < 4.78 is 5.66. The van der Waals surface area contributed by atoms with E-state index in [0.717, 1.165) is 23.4 Å². The fourth-order valence-corrected chi connectivity index (χ4v) is 5.08. The predicted octanol–water partition coefficient (Wildman–Crippen LogP) is 3.21. The van der Waals surface area contributed by atoms with Crippen LogP contribution in [-0.2, 0) is 27.2 Å². The molecule has 4 unspecified atom stereocenters. The van der Waals surface area contributed by atoms with Crippen molar-refractivity contribution in [3.05, 3.63) is 82.9 Å². The summed E-state index contributed by atoms with van der Waals surface area (Å²) in [4.78, 5) is 25.2. The van der Waals surface area contributed by atoms with Gasteiger partial charge in [-0.3, -0.25) is 20.4 Å². The first-order valence-corrected chi connectivity index (χ1v) is 12.4. The molecule has 5 rings (SSSR count). The van der Waals surface area contributed by atoms with Crippen LogP contribution in [0.2, 0.25) is 5.02 Å². The second-order valence-corrected chi connectivity index (χ2v) is 9.71. The summed E-state index contributed by atoms with van der Waals surface area (Å²) in [5.74, 6) is -0.732. The van der Waals surface area contributed by atoms with Crippen LogP contribution in [0.3, 0.4) is 0 Å². The standard InChI is InChI=1S/C27H29ClN4O3/c28-20-9-3-5-17(13-20)11-12-21-15-24(31-29-21)27(34)35-25-16-22(30-32-26(25)33)14-19-8-4-7-18-6-1-2-10-23(18)19/h1-10,13,21-22,24-25,29-31H,11-12,14-16H2,(H,32,33). The minimum atomic E-state index is -0.823. The Balaban J connectivity index is 1.14. The first kappa shape index (κ1) is 23.8. The van der Waals surface area contributed by atoms with Crippen LogP contribution in [0.1, 0.15) is 30.4 Å². The average molecular weight is 493 g/mol. The zero-order valence-corrected chi connectivity index (χ0v) is 20.1. The largest absolute Gasteiger partial charge is 0.451 e. The lowest BCUT2D eigenvalue weighted by atomic mass is 9.95. The Hall–Kier alpha value is -2.97. The lowest BCUT2D eigenvalue weighted by Crippen LogP contribution is -2.58. The molecule has 0 aromatic heterocycles. The Morgan fingerprint density at radius 2 is 1.77 bits per heavy atom. The fourth-order valence-electron chi connectivity index (χ4n) is 4.87. The maximum atomic E-state index is 12.8. The van der Waals surface area contributed by atoms with Crippen molar-refractivity contribution >= 4 is 34.2 Å². The van der Waals surface area contributed by atoms with Crippen molar-refractivity contribution in [1.82, 2.24) is 21.7 Å². The maximum absolute atomic E-state index is 12.8. The highest BCUT2D eigenvalue weighted by Gasteiger charge is 2.36. The molecule has 0 aliphatic carbocycles. The highest BCUT2D eigenvalue weighted by atomic mass is 35.5. The third kappa shape index (κ3) is 5.82. The molecule has 1 amide bonds. The van der Waals surface area contributed by atoms with Crippen molar-refractivity contribution in [3.8, 4) is 0 Å². The third-order valence-corrected chi connectivity index (χ3v) is 6.97. The highest BCUT2D eigenvalue weighted by molar-refractivity contribution is 6.30. The molecule has 2 fully saturated rings. The SMILES string of the molecule is O=C(OC1CC(Cc2cccc3ccccc23)NNC1=O)C1CC(CCc2cccc(Cl)c2)NN1. The zero-order chi connectivity index (χ0) is 24.2. The van der Waals surface area contributed by atoms with Crippen molar-refractivity contribution in [3.63, 3.8) is 0 Å². The summed E-state index contributed by atoms with van der Waals surface area (Å²) in [5.41, 5.74) is 14.3. The van der Waals surface area contributed by atoms with Gasteiger partial charge in [-0.1, -0.05) is 66.2 Å². The number of carbonyl (C=O) groups is 2. The van der Waals surface area contributed by atoms with E-state index < -0.39 is 18.1 Å². The fraction of sp³-hybridized carbons (Fsp3) is 0.333. The van der Waals surface area contributed by atoms with Crippen LogP contribution in [-0.4, -0.2) is 36.1 Å². The first-order chi connectivity index (χ1) is 17.0. The highest BCUT2D eigenvalue weighted by Crippen LogP contribution is 2.22. The number of hydrazine groups is 2. The van der Waals surface area contributed by atoms with Crippen molar-refractivity contribution in [1.29, 1.82) is 0 Å². The smallest absolute Gasteiger partial charge is 0.325 e. The molecule has 35 heavy (non-hydrogen) atoms. The Morgan fingerprint density at radius 3 is 2.66 bits per heavy atom. The molecule has 2 aliphatic rings. The number of nitrogens with one attached hydrogen (secondary N) is 4. The zero-order valence-electron chi connectivity index (χ0n) is 19.3. The number of ether oxygens (including phenoxy) is 1. The molecule has 3 aromatic rings. The van der Waals surface area contributed by atoms with E-state index in [9.17, 15) is 9.59 Å². The number of rotatable bonds is 7. The van der Waals surface area contributed by atoms with Crippen LogP contribution in [0, 0.1) is 0 Å². The molecule has 182 valence electrons. The summed E-state index contributed by atoms with van der Waals surface area (Å²) in [7, 11) is 0. The van der Waals surface area contributed by atoms with E-state index in [1.807, 2.05) is 42.5 Å². The molecule has 2 heterocycles. The minimum Gasteiger partial charge on any atom is -0.451 e. The summed E-state index contributed by atoms with van der Waals surface area (Å²) >= 11 is 6.06. The van der Waals surface area contributed by atoms with Gasteiger partial charge in [0.1, 0.15) is 6.04 Å². The molecule has 4 atom stereocenters. The number of aryl methyl sites for hydroxylation is 1. The monoisotopic (exact) mass is 492 g/mol. The summed E-state index contributed by atoms with van der Waals surface area (Å²) in [5, 5.41) is 3.09. The van der Waals surface area contributed by atoms with Crippen LogP contribution in [0.4, 0.5) is 0 Å². The van der Waals surface area contributed by atoms with Gasteiger partial charge in [0.25, 0.3) is 5.91 Å². The molecule has 3 aromatic carbocycles. The summed E-state index contributed by atoms with van der Waals surface area (Å²) in [6.45, 7) is 0. The summed E-state index contributed by atoms with van der Waals surface area (Å²) in [6, 6.07) is 21.9. The van der Waals surface area contributed by atoms with Gasteiger partial charge >= 0.3 is 5.97 Å². The predicted molar refractivity (Wildman–Crippen MR) is 135 cm³/mol. The molecule has 4 N–H and O–H groups in total. The topological polar surface area (TPSA) is 91.5 Å². The van der Waals surface area contributed by atoms with Crippen molar-refractivity contribution in [2.45, 2.75) is 56.3 Å². The molecule has 2 saturated heterocycles. The van der Waals surface area contributed by atoms with E-state index in [-0.39, 0.29) is 18.0 Å². The number of hydrogen-bond donors (Lipinski definition) is 4. The van der Waals surface area contributed by atoms with Gasteiger partial charge in [-0.05, 0) is 59.7 Å². The average Bonchev–Trinajstić information content (AvgIpc) is 3.34. The van der Waals surface area contributed by atoms with Gasteiger partial charge in [0.15, 0.2) is 6.10 Å². The van der Waals surface area contributed by atoms with Crippen LogP contribution in [0.25, 0.3) is 10.8 Å². The van der Waals surface area contributed by atoms with Crippen LogP contribution in [0.5, 0.6) is 0 Å². The Kier molecular flexibility index (Phi) is 7.29. The van der Waals surface area contributed by atoms with Crippen molar-refractivity contribution in [2.75, 3.05) is 0 Å². The Bertz CT molecular complexity index is 1210. The molecule has 2 aliphatic heterocycles. The quantitative estimate of drug-likeness (QED) is 0.379. The van der Waals surface area contributed by atoms with E-state index in [4.69, 9.17) is 16.3 Å². The minimum absolute atomic E-state index is 0.0450. The number of hydrogen-bond acceptors (Lipinski definition) is 6. The van der Waals surface area contributed by atoms with Gasteiger partial charge in [0, 0.05) is 23.5 Å². The van der Waals surface area contributed by atoms with E-state index >= 15 is 0 Å². The Morgan fingerprint density at radius 1 is 0.943 bits per heavy atom. The number of halogens is 1.